The predicted molar refractivity (Wildman–Crippen MR) is 110 cm³/mol. The molecular formula is C20H21N3OS2. The number of nitriles is 1. The molecule has 2 heterocycles. The smallest absolute Gasteiger partial charge is 0.267 e. The molecule has 0 spiro atoms. The van der Waals surface area contributed by atoms with Gasteiger partial charge in [-0.2, -0.15) is 5.26 Å². The second-order valence-electron chi connectivity index (χ2n) is 6.63. The van der Waals surface area contributed by atoms with E-state index in [-0.39, 0.29) is 11.5 Å². The van der Waals surface area contributed by atoms with E-state index in [4.69, 9.17) is 10.2 Å². The van der Waals surface area contributed by atoms with E-state index < -0.39 is 0 Å². The quantitative estimate of drug-likeness (QED) is 0.473. The minimum atomic E-state index is -0.105. The number of fused-ring (bicyclic) bond motifs is 1. The Bertz CT molecular complexity index is 1090. The van der Waals surface area contributed by atoms with Gasteiger partial charge in [-0.25, -0.2) is 4.98 Å². The van der Waals surface area contributed by atoms with Gasteiger partial charge in [0.2, 0.25) is 0 Å². The molecule has 0 saturated carbocycles. The molecule has 0 aliphatic heterocycles. The number of nitrogens with zero attached hydrogens (tertiary/aromatic N) is 3. The van der Waals surface area contributed by atoms with Crippen molar-refractivity contribution in [3.05, 3.63) is 50.1 Å². The lowest BCUT2D eigenvalue weighted by Gasteiger charge is -2.15. The number of benzene rings is 1. The first-order valence-electron chi connectivity index (χ1n) is 8.46. The van der Waals surface area contributed by atoms with E-state index in [0.717, 1.165) is 32.1 Å². The Morgan fingerprint density at radius 2 is 2.04 bits per heavy atom. The zero-order chi connectivity index (χ0) is 19.0. The maximum Gasteiger partial charge on any atom is 0.267 e. The molecule has 6 heteroatoms. The Labute approximate surface area is 161 Å². The molecule has 3 aromatic rings. The topological polar surface area (TPSA) is 58.7 Å². The lowest BCUT2D eigenvalue weighted by atomic mass is 10.1. The summed E-state index contributed by atoms with van der Waals surface area (Å²) in [5, 5.41) is 10.4. The molecule has 26 heavy (non-hydrogen) atoms. The fraction of sp³-hybridized carbons (Fsp3) is 0.350. The van der Waals surface area contributed by atoms with E-state index in [9.17, 15) is 4.79 Å². The number of rotatable bonds is 4. The van der Waals surface area contributed by atoms with Crippen molar-refractivity contribution in [2.24, 2.45) is 5.92 Å². The van der Waals surface area contributed by atoms with Gasteiger partial charge in [0.1, 0.15) is 4.83 Å². The molecule has 0 radical (unpaired) electrons. The number of hydrogen-bond donors (Lipinski definition) is 0. The molecule has 0 amide bonds. The Hall–Kier alpha value is -2.10. The van der Waals surface area contributed by atoms with E-state index in [1.54, 1.807) is 15.9 Å². The summed E-state index contributed by atoms with van der Waals surface area (Å²) < 4.78 is 1.71. The lowest BCUT2D eigenvalue weighted by molar-refractivity contribution is 0.805. The maximum absolute atomic E-state index is 13.4. The number of thiophene rings is 1. The van der Waals surface area contributed by atoms with Gasteiger partial charge in [0.15, 0.2) is 5.16 Å². The minimum absolute atomic E-state index is 0.0316. The number of aryl methyl sites for hydroxylation is 4. The van der Waals surface area contributed by atoms with Crippen LogP contribution < -0.4 is 5.56 Å². The van der Waals surface area contributed by atoms with Crippen LogP contribution in [0.25, 0.3) is 15.9 Å². The maximum atomic E-state index is 13.4. The van der Waals surface area contributed by atoms with E-state index in [1.807, 2.05) is 46.8 Å². The normalized spacial score (nSPS) is 12.3. The van der Waals surface area contributed by atoms with Crippen molar-refractivity contribution in [1.29, 1.82) is 5.26 Å². The average molecular weight is 384 g/mol. The molecule has 3 rings (SSSR count). The van der Waals surface area contributed by atoms with Gasteiger partial charge in [-0.3, -0.25) is 9.36 Å². The van der Waals surface area contributed by atoms with E-state index in [1.165, 1.54) is 11.8 Å². The third kappa shape index (κ3) is 3.29. The van der Waals surface area contributed by atoms with Crippen molar-refractivity contribution in [2.45, 2.75) is 39.8 Å². The van der Waals surface area contributed by atoms with E-state index >= 15 is 0 Å². The number of aromatic nitrogens is 2. The Balaban J connectivity index is 2.29. The minimum Gasteiger partial charge on any atom is -0.268 e. The first-order valence-corrected chi connectivity index (χ1v) is 10.3. The highest BCUT2D eigenvalue weighted by Gasteiger charge is 2.19. The third-order valence-electron chi connectivity index (χ3n) is 4.45. The molecule has 1 aromatic carbocycles. The van der Waals surface area contributed by atoms with Crippen LogP contribution in [0.15, 0.2) is 28.2 Å². The molecule has 0 aliphatic rings. The van der Waals surface area contributed by atoms with Gasteiger partial charge in [0.05, 0.1) is 23.1 Å². The zero-order valence-electron chi connectivity index (χ0n) is 15.6. The fourth-order valence-corrected chi connectivity index (χ4v) is 4.89. The average Bonchev–Trinajstić information content (AvgIpc) is 2.88. The number of thioether (sulfide) groups is 1. The summed E-state index contributed by atoms with van der Waals surface area (Å²) in [6.45, 7) is 9.93. The highest BCUT2D eigenvalue weighted by molar-refractivity contribution is 7.99. The Kier molecular flexibility index (Phi) is 5.22. The first kappa shape index (κ1) is 18.7. The molecule has 0 bridgehead atoms. The van der Waals surface area contributed by atoms with Gasteiger partial charge < -0.3 is 0 Å². The standard InChI is InChI=1S/C20H21N3OS2/c1-11-6-7-16(13(3)8-11)23-19(24)17-14(4)15(5)26-18(17)22-20(23)25-10-12(2)9-21/h6-8,12H,10H2,1-5H3/t12-/m1/s1. The molecule has 0 fully saturated rings. The van der Waals surface area contributed by atoms with E-state index in [2.05, 4.69) is 12.1 Å². The van der Waals surface area contributed by atoms with Crippen LogP contribution in [0, 0.1) is 44.9 Å². The molecule has 0 saturated heterocycles. The van der Waals surface area contributed by atoms with Crippen LogP contribution >= 0.6 is 23.1 Å². The molecule has 0 unspecified atom stereocenters. The van der Waals surface area contributed by atoms with Gasteiger partial charge in [-0.05, 0) is 51.8 Å². The van der Waals surface area contributed by atoms with Crippen LogP contribution in [-0.2, 0) is 0 Å². The van der Waals surface area contributed by atoms with Crippen molar-refractivity contribution in [3.63, 3.8) is 0 Å². The largest absolute Gasteiger partial charge is 0.268 e. The molecule has 134 valence electrons. The van der Waals surface area contributed by atoms with Gasteiger partial charge in [-0.15, -0.1) is 11.3 Å². The van der Waals surface area contributed by atoms with Crippen LogP contribution in [0.5, 0.6) is 0 Å². The number of hydrogen-bond acceptors (Lipinski definition) is 5. The lowest BCUT2D eigenvalue weighted by Crippen LogP contribution is -2.22. The summed E-state index contributed by atoms with van der Waals surface area (Å²) in [4.78, 5) is 20.1. The highest BCUT2D eigenvalue weighted by Crippen LogP contribution is 2.30. The summed E-state index contributed by atoms with van der Waals surface area (Å²) in [5.74, 6) is 0.495. The molecular weight excluding hydrogens is 362 g/mol. The first-order chi connectivity index (χ1) is 12.3. The molecule has 4 nitrogen and oxygen atoms in total. The summed E-state index contributed by atoms with van der Waals surface area (Å²) >= 11 is 3.02. The van der Waals surface area contributed by atoms with Crippen molar-refractivity contribution in [2.75, 3.05) is 5.75 Å². The van der Waals surface area contributed by atoms with Crippen LogP contribution in [0.1, 0.15) is 28.5 Å². The van der Waals surface area contributed by atoms with Crippen LogP contribution in [0.2, 0.25) is 0 Å². The van der Waals surface area contributed by atoms with Gasteiger partial charge in [0.25, 0.3) is 5.56 Å². The highest BCUT2D eigenvalue weighted by atomic mass is 32.2. The SMILES string of the molecule is Cc1ccc(-n2c(SC[C@H](C)C#N)nc3sc(C)c(C)c3c2=O)c(C)c1. The Morgan fingerprint density at radius 1 is 1.31 bits per heavy atom. The summed E-state index contributed by atoms with van der Waals surface area (Å²) in [6.07, 6.45) is 0. The summed E-state index contributed by atoms with van der Waals surface area (Å²) in [5.41, 5.74) is 4.01. The van der Waals surface area contributed by atoms with Crippen LogP contribution in [-0.4, -0.2) is 15.3 Å². The Morgan fingerprint density at radius 3 is 2.69 bits per heavy atom. The zero-order valence-corrected chi connectivity index (χ0v) is 17.2. The second kappa shape index (κ2) is 7.26. The van der Waals surface area contributed by atoms with Gasteiger partial charge >= 0.3 is 0 Å². The van der Waals surface area contributed by atoms with E-state index in [0.29, 0.717) is 16.3 Å². The third-order valence-corrected chi connectivity index (χ3v) is 6.75. The summed E-state index contributed by atoms with van der Waals surface area (Å²) in [7, 11) is 0. The van der Waals surface area contributed by atoms with Crippen molar-refractivity contribution < 1.29 is 0 Å². The molecule has 0 aliphatic carbocycles. The van der Waals surface area contributed by atoms with Gasteiger partial charge in [-0.1, -0.05) is 29.5 Å². The molecule has 0 N–H and O–H groups in total. The monoisotopic (exact) mass is 383 g/mol. The fourth-order valence-electron chi connectivity index (χ4n) is 2.88. The van der Waals surface area contributed by atoms with Crippen LogP contribution in [0.3, 0.4) is 0 Å². The molecule has 1 atom stereocenters. The summed E-state index contributed by atoms with van der Waals surface area (Å²) in [6, 6.07) is 8.31. The van der Waals surface area contributed by atoms with Crippen molar-refractivity contribution in [3.8, 4) is 11.8 Å². The second-order valence-corrected chi connectivity index (χ2v) is 8.82. The predicted octanol–water partition coefficient (Wildman–Crippen LogP) is 4.93. The van der Waals surface area contributed by atoms with Crippen molar-refractivity contribution >= 4 is 33.3 Å². The molecule has 2 aromatic heterocycles. The van der Waals surface area contributed by atoms with Crippen molar-refractivity contribution in [1.82, 2.24) is 9.55 Å². The van der Waals surface area contributed by atoms with Gasteiger partial charge in [0, 0.05) is 10.6 Å². The van der Waals surface area contributed by atoms with Crippen LogP contribution in [0.4, 0.5) is 0 Å².